The number of unbranched alkanes of at least 4 members (excludes halogenated alkanes) is 1. The summed E-state index contributed by atoms with van der Waals surface area (Å²) in [6, 6.07) is 0. The Kier molecular flexibility index (Phi) is 8.78. The van der Waals surface area contributed by atoms with Crippen molar-refractivity contribution in [2.75, 3.05) is 26.9 Å². The largest absolute Gasteiger partial charge is 0.394 e. The normalized spacial score (nSPS) is 23.6. The lowest BCUT2D eigenvalue weighted by Gasteiger charge is -2.30. The lowest BCUT2D eigenvalue weighted by Crippen LogP contribution is -2.30. The molecule has 0 heterocycles. The molecule has 1 aliphatic carbocycles. The van der Waals surface area contributed by atoms with Crippen LogP contribution in [0.5, 0.6) is 0 Å². The molecule has 0 atom stereocenters. The fourth-order valence-corrected chi connectivity index (χ4v) is 2.81. The van der Waals surface area contributed by atoms with E-state index >= 15 is 0 Å². The Morgan fingerprint density at radius 3 is 2.36 bits per heavy atom. The van der Waals surface area contributed by atoms with Gasteiger partial charge in [0.2, 0.25) is 0 Å². The number of methoxy groups -OCH3 is 1. The molecule has 0 aliphatic heterocycles. The number of hydrogen-bond donors (Lipinski definition) is 1. The van der Waals surface area contributed by atoms with Crippen LogP contribution >= 0.6 is 0 Å². The molecular weight excluding hydrogens is 297 g/mol. The summed E-state index contributed by atoms with van der Waals surface area (Å²) in [5.74, 6) is -1.07. The molecule has 22 heavy (non-hydrogen) atoms. The maximum absolute atomic E-state index is 12.7. The van der Waals surface area contributed by atoms with Crippen LogP contribution < -0.4 is 5.73 Å². The van der Waals surface area contributed by atoms with Crippen molar-refractivity contribution in [1.82, 2.24) is 0 Å². The van der Waals surface area contributed by atoms with E-state index in [9.17, 15) is 13.2 Å². The summed E-state index contributed by atoms with van der Waals surface area (Å²) in [5, 5.41) is 4.14. The number of nitrogens with zero attached hydrogens (tertiary/aromatic N) is 1. The second kappa shape index (κ2) is 10.0. The highest BCUT2D eigenvalue weighted by molar-refractivity contribution is 5.86. The van der Waals surface area contributed by atoms with E-state index in [1.165, 1.54) is 0 Å². The van der Waals surface area contributed by atoms with E-state index in [1.54, 1.807) is 7.11 Å². The highest BCUT2D eigenvalue weighted by Crippen LogP contribution is 2.40. The predicted octanol–water partition coefficient (Wildman–Crippen LogP) is 3.50. The number of hydrogen-bond acceptors (Lipinski definition) is 4. The molecule has 1 aliphatic rings. The van der Waals surface area contributed by atoms with E-state index in [-0.39, 0.29) is 18.8 Å². The lowest BCUT2D eigenvalue weighted by atomic mass is 9.78. The molecule has 0 saturated heterocycles. The Morgan fingerprint density at radius 2 is 1.82 bits per heavy atom. The van der Waals surface area contributed by atoms with Gasteiger partial charge in [-0.05, 0) is 44.9 Å². The maximum Gasteiger partial charge on any atom is 0.391 e. The van der Waals surface area contributed by atoms with E-state index in [0.717, 1.165) is 25.0 Å². The molecule has 0 bridgehead atoms. The zero-order valence-corrected chi connectivity index (χ0v) is 13.2. The molecule has 0 aromatic carbocycles. The number of alkyl halides is 3. The smallest absolute Gasteiger partial charge is 0.391 e. The minimum absolute atomic E-state index is 0.0962. The van der Waals surface area contributed by atoms with Gasteiger partial charge in [0.1, 0.15) is 6.61 Å². The average Bonchev–Trinajstić information content (AvgIpc) is 2.49. The molecule has 0 aromatic heterocycles. The van der Waals surface area contributed by atoms with Gasteiger partial charge in [0.15, 0.2) is 0 Å². The standard InChI is InChI=1S/C15H27F3N2O2/c1-21-10-3-2-4-14(20-22-11-9-19)12-5-7-13(8-6-12)15(16,17)18/h12-13H,2-11,19H2,1H3/b20-14-. The predicted molar refractivity (Wildman–Crippen MR) is 79.7 cm³/mol. The van der Waals surface area contributed by atoms with Crippen molar-refractivity contribution >= 4 is 5.71 Å². The van der Waals surface area contributed by atoms with Gasteiger partial charge in [-0.15, -0.1) is 0 Å². The summed E-state index contributed by atoms with van der Waals surface area (Å²) in [4.78, 5) is 5.16. The van der Waals surface area contributed by atoms with Crippen LogP contribution in [0.25, 0.3) is 0 Å². The quantitative estimate of drug-likeness (QED) is 0.401. The summed E-state index contributed by atoms with van der Waals surface area (Å²) in [5.41, 5.74) is 6.24. The van der Waals surface area contributed by atoms with Crippen LogP contribution in [0.1, 0.15) is 44.9 Å². The fraction of sp³-hybridized carbons (Fsp3) is 0.933. The molecule has 1 saturated carbocycles. The SMILES string of the molecule is COCCCC/C(=N/OCCN)C1CCC(C(F)(F)F)CC1. The molecule has 0 amide bonds. The van der Waals surface area contributed by atoms with Gasteiger partial charge in [0, 0.05) is 26.2 Å². The minimum atomic E-state index is -4.07. The number of oxime groups is 1. The molecular formula is C15H27F3N2O2. The molecule has 4 nitrogen and oxygen atoms in total. The van der Waals surface area contributed by atoms with E-state index in [0.29, 0.717) is 32.6 Å². The molecule has 0 spiro atoms. The minimum Gasteiger partial charge on any atom is -0.394 e. The summed E-state index contributed by atoms with van der Waals surface area (Å²) >= 11 is 0. The van der Waals surface area contributed by atoms with Gasteiger partial charge >= 0.3 is 6.18 Å². The van der Waals surface area contributed by atoms with E-state index in [2.05, 4.69) is 5.16 Å². The molecule has 1 rings (SSSR count). The number of nitrogens with two attached hydrogens (primary N) is 1. The average molecular weight is 324 g/mol. The Bertz CT molecular complexity index is 327. The van der Waals surface area contributed by atoms with Gasteiger partial charge in [-0.1, -0.05) is 5.16 Å². The number of rotatable bonds is 9. The van der Waals surface area contributed by atoms with E-state index < -0.39 is 12.1 Å². The van der Waals surface area contributed by atoms with Gasteiger partial charge in [0.25, 0.3) is 0 Å². The molecule has 0 radical (unpaired) electrons. The van der Waals surface area contributed by atoms with E-state index in [4.69, 9.17) is 15.3 Å². The third-order valence-corrected chi connectivity index (χ3v) is 4.08. The third kappa shape index (κ3) is 6.96. The van der Waals surface area contributed by atoms with Crippen molar-refractivity contribution in [3.8, 4) is 0 Å². The highest BCUT2D eigenvalue weighted by Gasteiger charge is 2.42. The van der Waals surface area contributed by atoms with E-state index in [1.807, 2.05) is 0 Å². The first-order valence-corrected chi connectivity index (χ1v) is 7.93. The Hall–Kier alpha value is -0.820. The van der Waals surface area contributed by atoms with Crippen LogP contribution in [0.3, 0.4) is 0 Å². The van der Waals surface area contributed by atoms with Gasteiger partial charge in [-0.25, -0.2) is 0 Å². The molecule has 130 valence electrons. The van der Waals surface area contributed by atoms with Crippen molar-refractivity contribution in [3.05, 3.63) is 0 Å². The van der Waals surface area contributed by atoms with Crippen molar-refractivity contribution in [1.29, 1.82) is 0 Å². The van der Waals surface area contributed by atoms with Crippen LogP contribution in [-0.2, 0) is 9.57 Å². The summed E-state index contributed by atoms with van der Waals surface area (Å²) in [7, 11) is 1.65. The second-order valence-electron chi connectivity index (χ2n) is 5.74. The second-order valence-corrected chi connectivity index (χ2v) is 5.74. The monoisotopic (exact) mass is 324 g/mol. The Labute approximate surface area is 130 Å². The van der Waals surface area contributed by atoms with Crippen LogP contribution in [0.4, 0.5) is 13.2 Å². The Morgan fingerprint density at radius 1 is 1.14 bits per heavy atom. The first-order valence-electron chi connectivity index (χ1n) is 7.93. The zero-order chi connectivity index (χ0) is 16.4. The van der Waals surface area contributed by atoms with Crippen LogP contribution in [0.15, 0.2) is 5.16 Å². The van der Waals surface area contributed by atoms with Crippen molar-refractivity contribution in [2.45, 2.75) is 51.1 Å². The topological polar surface area (TPSA) is 56.8 Å². The molecule has 7 heteroatoms. The molecule has 2 N–H and O–H groups in total. The summed E-state index contributed by atoms with van der Waals surface area (Å²) in [6.45, 7) is 1.39. The summed E-state index contributed by atoms with van der Waals surface area (Å²) in [6.07, 6.45) is -0.100. The summed E-state index contributed by atoms with van der Waals surface area (Å²) < 4.78 is 43.2. The fourth-order valence-electron chi connectivity index (χ4n) is 2.81. The van der Waals surface area contributed by atoms with Crippen molar-refractivity contribution in [3.63, 3.8) is 0 Å². The van der Waals surface area contributed by atoms with Crippen molar-refractivity contribution in [2.24, 2.45) is 22.7 Å². The maximum atomic E-state index is 12.7. The third-order valence-electron chi connectivity index (χ3n) is 4.08. The first-order chi connectivity index (χ1) is 10.5. The van der Waals surface area contributed by atoms with Crippen molar-refractivity contribution < 1.29 is 22.7 Å². The number of ether oxygens (including phenoxy) is 1. The van der Waals surface area contributed by atoms with Gasteiger partial charge in [-0.3, -0.25) is 0 Å². The van der Waals surface area contributed by atoms with Gasteiger partial charge < -0.3 is 15.3 Å². The lowest BCUT2D eigenvalue weighted by molar-refractivity contribution is -0.182. The van der Waals surface area contributed by atoms with Crippen LogP contribution in [0, 0.1) is 11.8 Å². The van der Waals surface area contributed by atoms with Gasteiger partial charge in [-0.2, -0.15) is 13.2 Å². The first kappa shape index (κ1) is 19.2. The molecule has 0 unspecified atom stereocenters. The van der Waals surface area contributed by atoms with Crippen LogP contribution in [0.2, 0.25) is 0 Å². The van der Waals surface area contributed by atoms with Gasteiger partial charge in [0.05, 0.1) is 11.6 Å². The Balaban J connectivity index is 2.50. The molecule has 1 fully saturated rings. The zero-order valence-electron chi connectivity index (χ0n) is 13.2. The van der Waals surface area contributed by atoms with Crippen LogP contribution in [-0.4, -0.2) is 38.8 Å². The molecule has 0 aromatic rings. The number of halogens is 3. The highest BCUT2D eigenvalue weighted by atomic mass is 19.4.